The van der Waals surface area contributed by atoms with Crippen molar-refractivity contribution in [3.05, 3.63) is 65.2 Å². The largest absolute Gasteiger partial charge is 0.483 e. The maximum absolute atomic E-state index is 13.0. The van der Waals surface area contributed by atoms with Gasteiger partial charge >= 0.3 is 12.0 Å². The van der Waals surface area contributed by atoms with Crippen LogP contribution < -0.4 is 20.7 Å². The molecule has 158 valence electrons. The van der Waals surface area contributed by atoms with E-state index in [1.165, 1.54) is 43.5 Å². The molecule has 1 heterocycles. The molecule has 5 amide bonds. The minimum atomic E-state index is -0.934. The van der Waals surface area contributed by atoms with Gasteiger partial charge in [0, 0.05) is 5.56 Å². The van der Waals surface area contributed by atoms with Gasteiger partial charge in [-0.25, -0.2) is 14.5 Å². The summed E-state index contributed by atoms with van der Waals surface area (Å²) >= 11 is 0. The van der Waals surface area contributed by atoms with E-state index in [9.17, 15) is 24.0 Å². The number of rotatable bonds is 6. The minimum Gasteiger partial charge on any atom is -0.483 e. The fourth-order valence-corrected chi connectivity index (χ4v) is 2.79. The molecule has 1 saturated heterocycles. The molecule has 1 aliphatic heterocycles. The summed E-state index contributed by atoms with van der Waals surface area (Å²) in [6.45, 7) is -0.391. The number of nitrogens with zero attached hydrogens (tertiary/aromatic N) is 1. The number of amides is 5. The number of esters is 1. The van der Waals surface area contributed by atoms with Gasteiger partial charge in [0.15, 0.2) is 6.61 Å². The second-order valence-electron chi connectivity index (χ2n) is 6.29. The smallest absolute Gasteiger partial charge is 0.337 e. The van der Waals surface area contributed by atoms with Crippen LogP contribution in [0.25, 0.3) is 6.08 Å². The maximum atomic E-state index is 13.0. The molecule has 31 heavy (non-hydrogen) atoms. The number of benzene rings is 2. The normalized spacial score (nSPS) is 14.9. The number of carbonyl (C=O) groups excluding carboxylic acids is 5. The lowest BCUT2D eigenvalue weighted by Gasteiger charge is -2.26. The molecule has 0 bridgehead atoms. The van der Waals surface area contributed by atoms with Gasteiger partial charge in [-0.3, -0.25) is 19.7 Å². The molecule has 1 aliphatic rings. The van der Waals surface area contributed by atoms with Crippen molar-refractivity contribution < 1.29 is 33.4 Å². The first kappa shape index (κ1) is 21.2. The Labute approximate surface area is 176 Å². The molecule has 2 aromatic carbocycles. The molecule has 0 aromatic heterocycles. The Morgan fingerprint density at radius 1 is 1.06 bits per heavy atom. The third kappa shape index (κ3) is 4.58. The van der Waals surface area contributed by atoms with Crippen LogP contribution in [0, 0.1) is 0 Å². The molecule has 10 nitrogen and oxygen atoms in total. The Kier molecular flexibility index (Phi) is 6.10. The molecular weight excluding hydrogens is 406 g/mol. The van der Waals surface area contributed by atoms with E-state index in [4.69, 9.17) is 10.5 Å². The van der Waals surface area contributed by atoms with Gasteiger partial charge in [-0.1, -0.05) is 18.2 Å². The number of nitrogens with one attached hydrogen (secondary N) is 1. The predicted molar refractivity (Wildman–Crippen MR) is 108 cm³/mol. The average Bonchev–Trinajstić information content (AvgIpc) is 2.75. The van der Waals surface area contributed by atoms with Crippen LogP contribution in [0.3, 0.4) is 0 Å². The first-order valence-electron chi connectivity index (χ1n) is 8.91. The van der Waals surface area contributed by atoms with Crippen molar-refractivity contribution in [2.75, 3.05) is 18.6 Å². The number of ether oxygens (including phenoxy) is 2. The second kappa shape index (κ2) is 8.91. The molecule has 3 N–H and O–H groups in total. The number of para-hydroxylation sites is 1. The molecule has 1 fully saturated rings. The highest BCUT2D eigenvalue weighted by Crippen LogP contribution is 2.25. The topological polar surface area (TPSA) is 145 Å². The second-order valence-corrected chi connectivity index (χ2v) is 6.29. The van der Waals surface area contributed by atoms with E-state index in [1.54, 1.807) is 18.2 Å². The van der Waals surface area contributed by atoms with Gasteiger partial charge in [-0.15, -0.1) is 0 Å². The van der Waals surface area contributed by atoms with Gasteiger partial charge in [0.1, 0.15) is 11.3 Å². The first-order valence-corrected chi connectivity index (χ1v) is 8.91. The minimum absolute atomic E-state index is 0.145. The Bertz CT molecular complexity index is 1110. The van der Waals surface area contributed by atoms with Crippen molar-refractivity contribution in [1.82, 2.24) is 5.32 Å². The summed E-state index contributed by atoms with van der Waals surface area (Å²) < 4.78 is 9.92. The van der Waals surface area contributed by atoms with Crippen molar-refractivity contribution in [2.24, 2.45) is 5.73 Å². The van der Waals surface area contributed by atoms with Crippen LogP contribution in [0.5, 0.6) is 5.75 Å². The summed E-state index contributed by atoms with van der Waals surface area (Å²) in [6, 6.07) is 11.0. The molecule has 3 rings (SSSR count). The molecule has 0 unspecified atom stereocenters. The average molecular weight is 423 g/mol. The fourth-order valence-electron chi connectivity index (χ4n) is 2.79. The number of barbiturate groups is 1. The third-order valence-corrected chi connectivity index (χ3v) is 4.24. The lowest BCUT2D eigenvalue weighted by atomic mass is 10.1. The number of methoxy groups -OCH3 is 1. The van der Waals surface area contributed by atoms with Crippen LogP contribution in [-0.4, -0.2) is 43.4 Å². The monoisotopic (exact) mass is 423 g/mol. The van der Waals surface area contributed by atoms with E-state index in [2.05, 4.69) is 10.1 Å². The molecular formula is C21H17N3O7. The van der Waals surface area contributed by atoms with E-state index in [0.29, 0.717) is 5.56 Å². The van der Waals surface area contributed by atoms with Crippen molar-refractivity contribution in [2.45, 2.75) is 0 Å². The predicted octanol–water partition coefficient (Wildman–Crippen LogP) is 1.00. The van der Waals surface area contributed by atoms with Gasteiger partial charge in [0.2, 0.25) is 0 Å². The van der Waals surface area contributed by atoms with Crippen LogP contribution in [0.15, 0.2) is 54.1 Å². The summed E-state index contributed by atoms with van der Waals surface area (Å²) in [6.07, 6.45) is 1.25. The van der Waals surface area contributed by atoms with E-state index in [0.717, 1.165) is 4.90 Å². The Morgan fingerprint density at radius 2 is 1.74 bits per heavy atom. The van der Waals surface area contributed by atoms with Crippen LogP contribution >= 0.6 is 0 Å². The van der Waals surface area contributed by atoms with E-state index < -0.39 is 36.3 Å². The number of imide groups is 2. The van der Waals surface area contributed by atoms with E-state index >= 15 is 0 Å². The number of carbonyl (C=O) groups is 5. The number of hydrogen-bond donors (Lipinski definition) is 2. The van der Waals surface area contributed by atoms with Gasteiger partial charge in [0.05, 0.1) is 18.4 Å². The van der Waals surface area contributed by atoms with Crippen LogP contribution in [0.2, 0.25) is 0 Å². The summed E-state index contributed by atoms with van der Waals surface area (Å²) in [5, 5.41) is 2.10. The Hall–Kier alpha value is -4.47. The van der Waals surface area contributed by atoms with Crippen LogP contribution in [0.1, 0.15) is 15.9 Å². The first-order chi connectivity index (χ1) is 14.8. The summed E-state index contributed by atoms with van der Waals surface area (Å²) in [5.74, 6) is -2.81. The van der Waals surface area contributed by atoms with Gasteiger partial charge in [0.25, 0.3) is 17.7 Å². The van der Waals surface area contributed by atoms with Crippen LogP contribution in [-0.2, 0) is 19.1 Å². The highest BCUT2D eigenvalue weighted by atomic mass is 16.5. The molecule has 0 radical (unpaired) electrons. The van der Waals surface area contributed by atoms with Gasteiger partial charge in [-0.05, 0) is 36.4 Å². The van der Waals surface area contributed by atoms with Crippen molar-refractivity contribution in [1.29, 1.82) is 0 Å². The zero-order chi connectivity index (χ0) is 22.5. The highest BCUT2D eigenvalue weighted by molar-refractivity contribution is 6.39. The zero-order valence-corrected chi connectivity index (χ0v) is 16.3. The lowest BCUT2D eigenvalue weighted by Crippen LogP contribution is -2.54. The molecule has 10 heteroatoms. The number of nitrogens with two attached hydrogens (primary N) is 1. The van der Waals surface area contributed by atoms with E-state index in [-0.39, 0.29) is 22.6 Å². The van der Waals surface area contributed by atoms with Gasteiger partial charge in [-0.2, -0.15) is 0 Å². The number of primary amides is 1. The molecule has 2 aromatic rings. The molecule has 0 saturated carbocycles. The van der Waals surface area contributed by atoms with Crippen molar-refractivity contribution in [3.8, 4) is 5.75 Å². The van der Waals surface area contributed by atoms with Crippen molar-refractivity contribution in [3.63, 3.8) is 0 Å². The number of hydrogen-bond acceptors (Lipinski definition) is 7. The SMILES string of the molecule is COC(=O)c1ccc(N2C(=O)NC(=O)/C(=C\c3ccccc3OCC(N)=O)C2=O)cc1. The molecule has 0 atom stereocenters. The van der Waals surface area contributed by atoms with Gasteiger partial charge < -0.3 is 15.2 Å². The highest BCUT2D eigenvalue weighted by Gasteiger charge is 2.37. The zero-order valence-electron chi connectivity index (χ0n) is 16.3. The van der Waals surface area contributed by atoms with Crippen molar-refractivity contribution >= 4 is 41.5 Å². The number of anilines is 1. The molecule has 0 aliphatic carbocycles. The van der Waals surface area contributed by atoms with E-state index in [1.807, 2.05) is 0 Å². The maximum Gasteiger partial charge on any atom is 0.337 e. The lowest BCUT2D eigenvalue weighted by molar-refractivity contribution is -0.123. The summed E-state index contributed by atoms with van der Waals surface area (Å²) in [5.41, 5.74) is 5.46. The Balaban J connectivity index is 1.95. The molecule has 0 spiro atoms. The quantitative estimate of drug-likeness (QED) is 0.400. The standard InChI is InChI=1S/C21H17N3O7/c1-30-20(28)12-6-8-14(9-7-12)24-19(27)15(18(26)23-21(24)29)10-13-4-2-3-5-16(13)31-11-17(22)25/h2-10H,11H2,1H3,(H2,22,25)(H,23,26,29)/b15-10+. The fraction of sp³-hybridized carbons (Fsp3) is 0.0952. The summed E-state index contributed by atoms with van der Waals surface area (Å²) in [4.78, 5) is 60.9. The number of urea groups is 1. The third-order valence-electron chi connectivity index (χ3n) is 4.24. The Morgan fingerprint density at radius 3 is 2.39 bits per heavy atom. The van der Waals surface area contributed by atoms with Crippen LogP contribution in [0.4, 0.5) is 10.5 Å². The summed E-state index contributed by atoms with van der Waals surface area (Å²) in [7, 11) is 1.23.